The van der Waals surface area contributed by atoms with Crippen LogP contribution in [0.2, 0.25) is 0 Å². The molecule has 1 aliphatic carbocycles. The van der Waals surface area contributed by atoms with Crippen molar-refractivity contribution in [2.75, 3.05) is 6.54 Å². The molecule has 3 fully saturated rings. The van der Waals surface area contributed by atoms with Crippen molar-refractivity contribution in [3.8, 4) is 5.75 Å². The van der Waals surface area contributed by atoms with Gasteiger partial charge in [0.25, 0.3) is 0 Å². The van der Waals surface area contributed by atoms with Crippen LogP contribution in [-0.2, 0) is 11.2 Å². The highest BCUT2D eigenvalue weighted by atomic mass is 16.4. The molecule has 0 radical (unpaired) electrons. The molecule has 4 heterocycles. The molecule has 0 spiro atoms. The number of rotatable bonds is 2. The minimum Gasteiger partial charge on any atom is -0.508 e. The number of aromatic nitrogens is 1. The summed E-state index contributed by atoms with van der Waals surface area (Å²) < 4.78 is 0. The van der Waals surface area contributed by atoms with Crippen molar-refractivity contribution in [2.45, 2.75) is 57.0 Å². The number of carbonyl (C=O) groups is 1. The van der Waals surface area contributed by atoms with E-state index in [0.29, 0.717) is 30.2 Å². The molecule has 6 rings (SSSR count). The second-order valence-electron chi connectivity index (χ2n) is 8.45. The van der Waals surface area contributed by atoms with Crippen LogP contribution in [-0.4, -0.2) is 44.7 Å². The average molecular weight is 354 g/mol. The van der Waals surface area contributed by atoms with Gasteiger partial charge in [-0.25, -0.2) is 0 Å². The van der Waals surface area contributed by atoms with Gasteiger partial charge in [0, 0.05) is 41.5 Å². The normalized spacial score (nSPS) is 35.7. The molecule has 5 heteroatoms. The van der Waals surface area contributed by atoms with Crippen molar-refractivity contribution < 1.29 is 15.0 Å². The summed E-state index contributed by atoms with van der Waals surface area (Å²) in [6, 6.07) is 5.24. The third-order valence-electron chi connectivity index (χ3n) is 7.18. The number of nitrogens with zero attached hydrogens (tertiary/aromatic N) is 1. The van der Waals surface area contributed by atoms with E-state index in [4.69, 9.17) is 0 Å². The monoisotopic (exact) mass is 354 g/mol. The molecule has 1 aromatic heterocycles. The first-order chi connectivity index (χ1) is 12.6. The summed E-state index contributed by atoms with van der Waals surface area (Å²) >= 11 is 0. The van der Waals surface area contributed by atoms with Crippen LogP contribution in [0.3, 0.4) is 0 Å². The Bertz CT molecular complexity index is 874. The maximum atomic E-state index is 12.2. The molecule has 2 saturated heterocycles. The van der Waals surface area contributed by atoms with Crippen LogP contribution in [0.4, 0.5) is 0 Å². The number of aromatic amines is 1. The van der Waals surface area contributed by atoms with Gasteiger partial charge >= 0.3 is 5.97 Å². The number of phenols is 1. The Morgan fingerprint density at radius 1 is 1.35 bits per heavy atom. The lowest BCUT2D eigenvalue weighted by Gasteiger charge is -2.45. The Hall–Kier alpha value is -2.01. The van der Waals surface area contributed by atoms with Gasteiger partial charge < -0.3 is 15.2 Å². The zero-order valence-corrected chi connectivity index (χ0v) is 15.1. The number of aromatic hydroxyl groups is 1. The molecule has 3 N–H and O–H groups in total. The summed E-state index contributed by atoms with van der Waals surface area (Å²) in [7, 11) is 0. The van der Waals surface area contributed by atoms with E-state index < -0.39 is 12.0 Å². The fourth-order valence-electron chi connectivity index (χ4n) is 6.06. The molecule has 4 bridgehead atoms. The third kappa shape index (κ3) is 2.22. The summed E-state index contributed by atoms with van der Waals surface area (Å²) in [6.07, 6.45) is 5.19. The zero-order valence-electron chi connectivity index (χ0n) is 15.1. The summed E-state index contributed by atoms with van der Waals surface area (Å²) in [5.74, 6) is 1.04. The van der Waals surface area contributed by atoms with Gasteiger partial charge in [0.1, 0.15) is 11.8 Å². The number of fused-ring (bicyclic) bond motifs is 5. The molecule has 4 aliphatic rings. The van der Waals surface area contributed by atoms with Crippen molar-refractivity contribution in [2.24, 2.45) is 11.8 Å². The Morgan fingerprint density at radius 3 is 2.96 bits per heavy atom. The van der Waals surface area contributed by atoms with Crippen LogP contribution in [0, 0.1) is 11.8 Å². The van der Waals surface area contributed by atoms with Crippen molar-refractivity contribution in [3.05, 3.63) is 29.5 Å². The van der Waals surface area contributed by atoms with E-state index in [0.717, 1.165) is 35.9 Å². The Balaban J connectivity index is 1.75. The lowest BCUT2D eigenvalue weighted by atomic mass is 9.78. The first-order valence-electron chi connectivity index (χ1n) is 9.88. The van der Waals surface area contributed by atoms with Crippen LogP contribution < -0.4 is 0 Å². The summed E-state index contributed by atoms with van der Waals surface area (Å²) in [5.41, 5.74) is 3.35. The van der Waals surface area contributed by atoms with Crippen LogP contribution >= 0.6 is 0 Å². The Morgan fingerprint density at radius 2 is 2.19 bits per heavy atom. The van der Waals surface area contributed by atoms with E-state index in [-0.39, 0.29) is 5.75 Å². The van der Waals surface area contributed by atoms with Crippen LogP contribution in [0.25, 0.3) is 10.9 Å². The molecule has 26 heavy (non-hydrogen) atoms. The van der Waals surface area contributed by atoms with E-state index in [1.807, 2.05) is 6.07 Å². The van der Waals surface area contributed by atoms with Gasteiger partial charge in [-0.3, -0.25) is 9.69 Å². The van der Waals surface area contributed by atoms with Crippen molar-refractivity contribution in [1.82, 2.24) is 9.88 Å². The smallest absolute Gasteiger partial charge is 0.321 e. The van der Waals surface area contributed by atoms with Gasteiger partial charge in [0.2, 0.25) is 0 Å². The standard InChI is InChI=1S/C21H26N2O3/c1-2-12-4-3-11-7-16-19-15(14-8-13(24)5-6-17(14)22-19)9-18(21(25)26)23(10-11)20(12)16/h5-6,8,11-12,16,18,20,22,24H,2-4,7,9-10H2,1H3,(H,25,26). The number of H-pyrrole nitrogens is 1. The van der Waals surface area contributed by atoms with Crippen molar-refractivity contribution in [1.29, 1.82) is 0 Å². The molecule has 6 atom stereocenters. The number of benzene rings is 1. The third-order valence-corrected chi connectivity index (χ3v) is 7.18. The number of piperidine rings is 1. The molecule has 2 aromatic rings. The van der Waals surface area contributed by atoms with Gasteiger partial charge in [-0.2, -0.15) is 0 Å². The molecular formula is C21H26N2O3. The molecule has 6 unspecified atom stereocenters. The van der Waals surface area contributed by atoms with Crippen LogP contribution in [0.5, 0.6) is 5.75 Å². The molecule has 5 nitrogen and oxygen atoms in total. The van der Waals surface area contributed by atoms with E-state index in [9.17, 15) is 15.0 Å². The predicted octanol–water partition coefficient (Wildman–Crippen LogP) is 3.48. The van der Waals surface area contributed by atoms with E-state index in [1.54, 1.807) is 12.1 Å². The summed E-state index contributed by atoms with van der Waals surface area (Å²) in [6.45, 7) is 3.17. The number of phenolic OH excluding ortho intramolecular Hbond substituents is 1. The Labute approximate surface area is 153 Å². The number of nitrogens with one attached hydrogen (secondary N) is 1. The molecule has 1 aromatic carbocycles. The SMILES string of the molecule is CCC1CCC2CC3c4[nH]c5ccc(O)cc5c4CC(C(=O)O)N(C2)C13. The second-order valence-corrected chi connectivity index (χ2v) is 8.45. The van der Waals surface area contributed by atoms with E-state index in [2.05, 4.69) is 16.8 Å². The highest BCUT2D eigenvalue weighted by Gasteiger charge is 2.50. The number of carboxylic acid groups (broad SMARTS) is 1. The number of hydrogen-bond donors (Lipinski definition) is 3. The first-order valence-corrected chi connectivity index (χ1v) is 9.88. The minimum atomic E-state index is -0.714. The second kappa shape index (κ2) is 5.74. The number of carboxylic acids is 1. The summed E-state index contributed by atoms with van der Waals surface area (Å²) in [4.78, 5) is 18.2. The highest BCUT2D eigenvalue weighted by molar-refractivity contribution is 5.87. The van der Waals surface area contributed by atoms with Gasteiger partial charge in [-0.15, -0.1) is 0 Å². The van der Waals surface area contributed by atoms with Crippen LogP contribution in [0.15, 0.2) is 18.2 Å². The van der Waals surface area contributed by atoms with Gasteiger partial charge in [-0.05, 0) is 54.9 Å². The van der Waals surface area contributed by atoms with Gasteiger partial charge in [-0.1, -0.05) is 13.3 Å². The minimum absolute atomic E-state index is 0.240. The lowest BCUT2D eigenvalue weighted by molar-refractivity contribution is -0.145. The molecular weight excluding hydrogens is 328 g/mol. The van der Waals surface area contributed by atoms with E-state index >= 15 is 0 Å². The molecule has 138 valence electrons. The molecule has 1 saturated carbocycles. The number of aliphatic carboxylic acids is 1. The fraction of sp³-hybridized carbons (Fsp3) is 0.571. The van der Waals surface area contributed by atoms with Crippen molar-refractivity contribution in [3.63, 3.8) is 0 Å². The lowest BCUT2D eigenvalue weighted by Crippen LogP contribution is -2.55. The fourth-order valence-corrected chi connectivity index (χ4v) is 6.06. The molecule has 0 amide bonds. The highest BCUT2D eigenvalue weighted by Crippen LogP contribution is 2.50. The summed E-state index contributed by atoms with van der Waals surface area (Å²) in [5, 5.41) is 21.0. The quantitative estimate of drug-likeness (QED) is 0.772. The number of hydrogen-bond acceptors (Lipinski definition) is 3. The maximum absolute atomic E-state index is 12.2. The average Bonchev–Trinajstić information content (AvgIpc) is 2.72. The Kier molecular flexibility index (Phi) is 3.58. The largest absolute Gasteiger partial charge is 0.508 e. The zero-order chi connectivity index (χ0) is 18.0. The van der Waals surface area contributed by atoms with Gasteiger partial charge in [0.15, 0.2) is 0 Å². The predicted molar refractivity (Wildman–Crippen MR) is 99.4 cm³/mol. The van der Waals surface area contributed by atoms with Crippen molar-refractivity contribution >= 4 is 16.9 Å². The maximum Gasteiger partial charge on any atom is 0.321 e. The van der Waals surface area contributed by atoms with Gasteiger partial charge in [0.05, 0.1) is 0 Å². The van der Waals surface area contributed by atoms with Crippen LogP contribution in [0.1, 0.15) is 49.8 Å². The van der Waals surface area contributed by atoms with E-state index in [1.165, 1.54) is 18.5 Å². The topological polar surface area (TPSA) is 76.6 Å². The molecule has 3 aliphatic heterocycles. The first kappa shape index (κ1) is 16.2.